The van der Waals surface area contributed by atoms with Crippen LogP contribution in [0.2, 0.25) is 0 Å². The monoisotopic (exact) mass is 111 g/mol. The number of nitrogens with zero attached hydrogens (tertiary/aromatic N) is 1. The lowest BCUT2D eigenvalue weighted by molar-refractivity contribution is 0.336. The summed E-state index contributed by atoms with van der Waals surface area (Å²) in [6, 6.07) is 0.689. The lowest BCUT2D eigenvalue weighted by Gasteiger charge is -2.19. The summed E-state index contributed by atoms with van der Waals surface area (Å²) in [7, 11) is 0. The highest BCUT2D eigenvalue weighted by Crippen LogP contribution is 2.07. The molecule has 1 aliphatic heterocycles. The molecule has 0 aromatic heterocycles. The van der Waals surface area contributed by atoms with Gasteiger partial charge in [0.15, 0.2) is 0 Å². The molecule has 46 valence electrons. The quantitative estimate of drug-likeness (QED) is 0.497. The van der Waals surface area contributed by atoms with Crippen LogP contribution in [0.5, 0.6) is 0 Å². The number of hydrogen-bond donors (Lipinski definition) is 0. The van der Waals surface area contributed by atoms with Crippen LogP contribution in [-0.2, 0) is 0 Å². The molecule has 0 unspecified atom stereocenters. The topological polar surface area (TPSA) is 3.24 Å². The van der Waals surface area contributed by atoms with Crippen molar-refractivity contribution in [1.29, 1.82) is 0 Å². The molecule has 0 bridgehead atoms. The molecule has 0 saturated carbocycles. The summed E-state index contributed by atoms with van der Waals surface area (Å²) in [6.07, 6.45) is 5.64. The van der Waals surface area contributed by atoms with E-state index in [-0.39, 0.29) is 0 Å². The molecule has 0 atom stereocenters. The van der Waals surface area contributed by atoms with Gasteiger partial charge in [-0.1, -0.05) is 6.08 Å². The van der Waals surface area contributed by atoms with Crippen LogP contribution in [0.25, 0.3) is 0 Å². The van der Waals surface area contributed by atoms with Gasteiger partial charge < -0.3 is 4.90 Å². The maximum Gasteiger partial charge on any atom is 0.0227 e. The molecule has 0 amide bonds. The van der Waals surface area contributed by atoms with Gasteiger partial charge in [0.1, 0.15) is 0 Å². The molecule has 0 fully saturated rings. The lowest BCUT2D eigenvalue weighted by Crippen LogP contribution is -2.22. The van der Waals surface area contributed by atoms with Crippen molar-refractivity contribution in [3.63, 3.8) is 0 Å². The van der Waals surface area contributed by atoms with Crippen LogP contribution < -0.4 is 0 Å². The van der Waals surface area contributed by atoms with Crippen molar-refractivity contribution in [3.8, 4) is 0 Å². The van der Waals surface area contributed by atoms with E-state index in [4.69, 9.17) is 0 Å². The van der Waals surface area contributed by atoms with Crippen molar-refractivity contribution in [3.05, 3.63) is 12.3 Å². The lowest BCUT2D eigenvalue weighted by atomic mass is 10.3. The average Bonchev–Trinajstić information content (AvgIpc) is 2.12. The molecule has 0 aromatic rings. The van der Waals surface area contributed by atoms with Crippen LogP contribution in [0.4, 0.5) is 0 Å². The average molecular weight is 111 g/mol. The molecular formula is C7H13N. The first kappa shape index (κ1) is 5.67. The highest BCUT2D eigenvalue weighted by atomic mass is 15.1. The summed E-state index contributed by atoms with van der Waals surface area (Å²) in [5.74, 6) is 0. The summed E-state index contributed by atoms with van der Waals surface area (Å²) in [5.41, 5.74) is 0. The van der Waals surface area contributed by atoms with Gasteiger partial charge in [0.25, 0.3) is 0 Å². The number of rotatable bonds is 1. The zero-order valence-electron chi connectivity index (χ0n) is 5.59. The second-order valence-corrected chi connectivity index (χ2v) is 2.51. The van der Waals surface area contributed by atoms with Crippen LogP contribution in [0, 0.1) is 0 Å². The van der Waals surface area contributed by atoms with Crippen molar-refractivity contribution in [2.45, 2.75) is 26.3 Å². The molecule has 8 heavy (non-hydrogen) atoms. The predicted molar refractivity (Wildman–Crippen MR) is 35.6 cm³/mol. The van der Waals surface area contributed by atoms with E-state index in [1.165, 1.54) is 13.0 Å². The van der Waals surface area contributed by atoms with E-state index in [2.05, 4.69) is 31.0 Å². The first-order valence-electron chi connectivity index (χ1n) is 3.23. The van der Waals surface area contributed by atoms with E-state index >= 15 is 0 Å². The number of hydrogen-bond acceptors (Lipinski definition) is 1. The molecule has 0 spiro atoms. The van der Waals surface area contributed by atoms with Gasteiger partial charge in [-0.05, 0) is 26.5 Å². The molecule has 0 aliphatic carbocycles. The Hall–Kier alpha value is -0.460. The van der Waals surface area contributed by atoms with E-state index in [1.54, 1.807) is 0 Å². The molecule has 0 N–H and O–H groups in total. The SMILES string of the molecule is CC(C)N1C=CCC1. The fraction of sp³-hybridized carbons (Fsp3) is 0.714. The highest BCUT2D eigenvalue weighted by Gasteiger charge is 2.05. The predicted octanol–water partition coefficient (Wildman–Crippen LogP) is 1.61. The Bertz CT molecular complexity index is 94.6. The van der Waals surface area contributed by atoms with E-state index in [0.717, 1.165) is 0 Å². The molecule has 1 aliphatic rings. The molecule has 1 heteroatoms. The van der Waals surface area contributed by atoms with Gasteiger partial charge in [0.05, 0.1) is 0 Å². The zero-order chi connectivity index (χ0) is 5.98. The van der Waals surface area contributed by atoms with Crippen molar-refractivity contribution in [2.24, 2.45) is 0 Å². The summed E-state index contributed by atoms with van der Waals surface area (Å²) in [4.78, 5) is 2.35. The van der Waals surface area contributed by atoms with E-state index in [0.29, 0.717) is 6.04 Å². The summed E-state index contributed by atoms with van der Waals surface area (Å²) in [5, 5.41) is 0. The molecule has 1 rings (SSSR count). The second-order valence-electron chi connectivity index (χ2n) is 2.51. The van der Waals surface area contributed by atoms with Crippen LogP contribution in [0.1, 0.15) is 20.3 Å². The first-order chi connectivity index (χ1) is 3.80. The normalized spacial score (nSPS) is 18.6. The van der Waals surface area contributed by atoms with Crippen molar-refractivity contribution >= 4 is 0 Å². The van der Waals surface area contributed by atoms with E-state index < -0.39 is 0 Å². The summed E-state index contributed by atoms with van der Waals surface area (Å²) in [6.45, 7) is 5.66. The van der Waals surface area contributed by atoms with Crippen molar-refractivity contribution in [2.75, 3.05) is 6.54 Å². The molecule has 1 heterocycles. The maximum absolute atomic E-state index is 2.35. The van der Waals surface area contributed by atoms with Gasteiger partial charge in [-0.25, -0.2) is 0 Å². The molecule has 0 aromatic carbocycles. The van der Waals surface area contributed by atoms with Gasteiger partial charge in [0, 0.05) is 12.6 Å². The van der Waals surface area contributed by atoms with Gasteiger partial charge >= 0.3 is 0 Å². The minimum absolute atomic E-state index is 0.689. The summed E-state index contributed by atoms with van der Waals surface area (Å²) < 4.78 is 0. The minimum Gasteiger partial charge on any atom is -0.375 e. The smallest absolute Gasteiger partial charge is 0.0227 e. The van der Waals surface area contributed by atoms with Gasteiger partial charge in [-0.3, -0.25) is 0 Å². The first-order valence-corrected chi connectivity index (χ1v) is 3.23. The van der Waals surface area contributed by atoms with Gasteiger partial charge in [0.2, 0.25) is 0 Å². The van der Waals surface area contributed by atoms with Crippen molar-refractivity contribution < 1.29 is 0 Å². The van der Waals surface area contributed by atoms with Crippen LogP contribution >= 0.6 is 0 Å². The fourth-order valence-electron chi connectivity index (χ4n) is 0.938. The highest BCUT2D eigenvalue weighted by molar-refractivity contribution is 4.92. The zero-order valence-corrected chi connectivity index (χ0v) is 5.59. The van der Waals surface area contributed by atoms with E-state index in [9.17, 15) is 0 Å². The largest absolute Gasteiger partial charge is 0.375 e. The fourth-order valence-corrected chi connectivity index (χ4v) is 0.938. The Kier molecular flexibility index (Phi) is 1.56. The third kappa shape index (κ3) is 1.03. The van der Waals surface area contributed by atoms with Crippen LogP contribution in [0.15, 0.2) is 12.3 Å². The van der Waals surface area contributed by atoms with Gasteiger partial charge in [-0.15, -0.1) is 0 Å². The van der Waals surface area contributed by atoms with Crippen LogP contribution in [0.3, 0.4) is 0 Å². The van der Waals surface area contributed by atoms with Crippen molar-refractivity contribution in [1.82, 2.24) is 4.90 Å². The van der Waals surface area contributed by atoms with Crippen LogP contribution in [-0.4, -0.2) is 17.5 Å². The third-order valence-electron chi connectivity index (χ3n) is 1.51. The third-order valence-corrected chi connectivity index (χ3v) is 1.51. The Morgan fingerprint density at radius 1 is 1.50 bits per heavy atom. The Morgan fingerprint density at radius 3 is 2.50 bits per heavy atom. The minimum atomic E-state index is 0.689. The molecule has 0 saturated heterocycles. The molecule has 1 nitrogen and oxygen atoms in total. The Labute approximate surface area is 51.0 Å². The summed E-state index contributed by atoms with van der Waals surface area (Å²) >= 11 is 0. The second kappa shape index (κ2) is 2.21. The standard InChI is InChI=1S/C7H13N/c1-7(2)8-5-3-4-6-8/h3,5,7H,4,6H2,1-2H3. The maximum atomic E-state index is 2.35. The molecular weight excluding hydrogens is 98.1 g/mol. The van der Waals surface area contributed by atoms with E-state index in [1.807, 2.05) is 0 Å². The molecule has 0 radical (unpaired) electrons. The van der Waals surface area contributed by atoms with Gasteiger partial charge in [-0.2, -0.15) is 0 Å². The Morgan fingerprint density at radius 2 is 2.25 bits per heavy atom. The Balaban J connectivity index is 2.36.